The van der Waals surface area contributed by atoms with Gasteiger partial charge in [0.2, 0.25) is 0 Å². The van der Waals surface area contributed by atoms with Gasteiger partial charge in [-0.3, -0.25) is 9.36 Å². The quantitative estimate of drug-likeness (QED) is 0.643. The summed E-state index contributed by atoms with van der Waals surface area (Å²) in [5.74, 6) is -0.645. The van der Waals surface area contributed by atoms with Crippen molar-refractivity contribution in [2.45, 2.75) is 6.29 Å². The Balaban J connectivity index is 2.21. The summed E-state index contributed by atoms with van der Waals surface area (Å²) < 4.78 is 11.0. The highest BCUT2D eigenvalue weighted by atomic mass is 79.9. The molecule has 118 valence electrons. The number of hydrogen-bond donors (Lipinski definition) is 3. The average molecular weight is 430 g/mol. The summed E-state index contributed by atoms with van der Waals surface area (Å²) in [4.78, 5) is 30.6. The number of amides is 1. The van der Waals surface area contributed by atoms with Gasteiger partial charge in [0.25, 0.3) is 5.91 Å². The molecule has 0 aliphatic rings. The van der Waals surface area contributed by atoms with Crippen molar-refractivity contribution in [3.05, 3.63) is 38.5 Å². The van der Waals surface area contributed by atoms with Crippen LogP contribution in [-0.4, -0.2) is 30.7 Å². The van der Waals surface area contributed by atoms with Crippen LogP contribution < -0.4 is 5.32 Å². The van der Waals surface area contributed by atoms with Crippen molar-refractivity contribution in [3.63, 3.8) is 0 Å². The Hall–Kier alpha value is -0.960. The first kappa shape index (κ1) is 17.4. The molecule has 0 saturated heterocycles. The fraction of sp³-hybridized carbons (Fsp3) is 0.100. The Bertz CT molecular complexity index is 778. The van der Waals surface area contributed by atoms with E-state index < -0.39 is 19.8 Å². The summed E-state index contributed by atoms with van der Waals surface area (Å²) in [6.07, 6.45) is -0.736. The van der Waals surface area contributed by atoms with E-state index >= 15 is 0 Å². The molecule has 0 radical (unpaired) electrons. The van der Waals surface area contributed by atoms with E-state index in [-0.39, 0.29) is 15.3 Å². The van der Waals surface area contributed by atoms with E-state index in [1.54, 1.807) is 6.07 Å². The second kappa shape index (κ2) is 6.66. The average Bonchev–Trinajstić information content (AvgIpc) is 2.71. The van der Waals surface area contributed by atoms with E-state index in [4.69, 9.17) is 33.0 Å². The summed E-state index contributed by atoms with van der Waals surface area (Å²) in [6, 6.07) is 4.51. The third-order valence-electron chi connectivity index (χ3n) is 2.32. The molecule has 22 heavy (non-hydrogen) atoms. The van der Waals surface area contributed by atoms with Crippen molar-refractivity contribution >= 4 is 58.3 Å². The van der Waals surface area contributed by atoms with Crippen LogP contribution in [0.25, 0.3) is 0 Å². The predicted molar refractivity (Wildman–Crippen MR) is 84.2 cm³/mol. The second-order valence-corrected chi connectivity index (χ2v) is 7.30. The smallest absolute Gasteiger partial charge is 0.323 e. The molecule has 0 aliphatic heterocycles. The van der Waals surface area contributed by atoms with Gasteiger partial charge in [0, 0.05) is 5.02 Å². The molecule has 0 aliphatic carbocycles. The summed E-state index contributed by atoms with van der Waals surface area (Å²) in [7, 11) is -4.35. The van der Waals surface area contributed by atoms with Crippen molar-refractivity contribution in [3.8, 4) is 0 Å². The van der Waals surface area contributed by atoms with E-state index in [0.717, 1.165) is 4.80 Å². The van der Waals surface area contributed by atoms with Crippen LogP contribution in [0.15, 0.2) is 22.8 Å². The predicted octanol–water partition coefficient (Wildman–Crippen LogP) is 2.73. The standard InChI is InChI=1S/C10H8BrCl2N4O4P/c11-9-8(15-17(16-9)4-22(19,20)21)10(18)14-7-2-1-5(12)3-6(7)13/h1-3H,4H2,(H,14,18)(H2,19,20,21). The van der Waals surface area contributed by atoms with Crippen molar-refractivity contribution in [2.75, 3.05) is 5.32 Å². The lowest BCUT2D eigenvalue weighted by Crippen LogP contribution is -2.14. The molecule has 0 saturated carbocycles. The van der Waals surface area contributed by atoms with Gasteiger partial charge in [-0.25, -0.2) is 0 Å². The minimum absolute atomic E-state index is 0.0449. The highest BCUT2D eigenvalue weighted by Gasteiger charge is 2.22. The van der Waals surface area contributed by atoms with E-state index in [1.165, 1.54) is 12.1 Å². The molecule has 0 unspecified atom stereocenters. The summed E-state index contributed by atoms with van der Waals surface area (Å²) >= 11 is 14.7. The number of nitrogens with one attached hydrogen (secondary N) is 1. The third-order valence-corrected chi connectivity index (χ3v) is 4.02. The third kappa shape index (κ3) is 4.52. The molecule has 3 N–H and O–H groups in total. The van der Waals surface area contributed by atoms with Crippen molar-refractivity contribution in [1.82, 2.24) is 15.0 Å². The highest BCUT2D eigenvalue weighted by molar-refractivity contribution is 9.10. The van der Waals surface area contributed by atoms with E-state index in [9.17, 15) is 9.36 Å². The molecular formula is C10H8BrCl2N4O4P. The molecular weight excluding hydrogens is 422 g/mol. The van der Waals surface area contributed by atoms with E-state index in [0.29, 0.717) is 10.7 Å². The minimum atomic E-state index is -4.35. The van der Waals surface area contributed by atoms with Crippen molar-refractivity contribution < 1.29 is 19.1 Å². The van der Waals surface area contributed by atoms with Crippen LogP contribution in [-0.2, 0) is 10.9 Å². The number of halogens is 3. The molecule has 0 bridgehead atoms. The first-order valence-electron chi connectivity index (χ1n) is 5.57. The number of rotatable bonds is 4. The number of carbonyl (C=O) groups is 1. The molecule has 2 rings (SSSR count). The van der Waals surface area contributed by atoms with Crippen LogP contribution in [0.5, 0.6) is 0 Å². The van der Waals surface area contributed by atoms with Gasteiger partial charge in [-0.15, -0.1) is 10.2 Å². The van der Waals surface area contributed by atoms with Crippen molar-refractivity contribution in [1.29, 1.82) is 0 Å². The Morgan fingerprint density at radius 3 is 2.64 bits per heavy atom. The topological polar surface area (TPSA) is 117 Å². The van der Waals surface area contributed by atoms with Gasteiger partial charge in [0.1, 0.15) is 0 Å². The molecule has 0 spiro atoms. The largest absolute Gasteiger partial charge is 0.348 e. The summed E-state index contributed by atoms with van der Waals surface area (Å²) in [5, 5.41) is 10.6. The first-order valence-corrected chi connectivity index (χ1v) is 8.92. The number of aromatic nitrogens is 3. The Labute approximate surface area is 142 Å². The summed E-state index contributed by atoms with van der Waals surface area (Å²) in [5.41, 5.74) is 0.173. The van der Waals surface area contributed by atoms with Crippen LogP contribution in [0.4, 0.5) is 5.69 Å². The Morgan fingerprint density at radius 2 is 2.05 bits per heavy atom. The molecule has 0 atom stereocenters. The van der Waals surface area contributed by atoms with E-state index in [2.05, 4.69) is 31.4 Å². The van der Waals surface area contributed by atoms with Crippen LogP contribution in [0.1, 0.15) is 10.5 Å². The number of anilines is 1. The SMILES string of the molecule is O=C(Nc1ccc(Cl)cc1Cl)c1nn(CP(=O)(O)O)nc1Br. The molecule has 12 heteroatoms. The fourth-order valence-corrected chi connectivity index (χ4v) is 2.82. The van der Waals surface area contributed by atoms with E-state index in [1.807, 2.05) is 0 Å². The zero-order valence-electron chi connectivity index (χ0n) is 10.6. The summed E-state index contributed by atoms with van der Waals surface area (Å²) in [6.45, 7) is 0. The van der Waals surface area contributed by atoms with Gasteiger partial charge in [0.15, 0.2) is 16.6 Å². The zero-order valence-corrected chi connectivity index (χ0v) is 14.6. The van der Waals surface area contributed by atoms with Crippen LogP contribution in [0, 0.1) is 0 Å². The maximum atomic E-state index is 12.1. The van der Waals surface area contributed by atoms with Crippen molar-refractivity contribution in [2.24, 2.45) is 0 Å². The van der Waals surface area contributed by atoms with Gasteiger partial charge in [-0.1, -0.05) is 23.2 Å². The second-order valence-electron chi connectivity index (χ2n) is 4.10. The van der Waals surface area contributed by atoms with Gasteiger partial charge in [-0.05, 0) is 34.1 Å². The monoisotopic (exact) mass is 428 g/mol. The molecule has 8 nitrogen and oxygen atoms in total. The molecule has 2 aromatic rings. The van der Waals surface area contributed by atoms with Crippen LogP contribution >= 0.6 is 46.7 Å². The van der Waals surface area contributed by atoms with Crippen LogP contribution in [0.3, 0.4) is 0 Å². The number of carbonyl (C=O) groups excluding carboxylic acids is 1. The minimum Gasteiger partial charge on any atom is -0.323 e. The molecule has 1 amide bonds. The zero-order chi connectivity index (χ0) is 16.5. The highest BCUT2D eigenvalue weighted by Crippen LogP contribution is 2.36. The van der Waals surface area contributed by atoms with Crippen LogP contribution in [0.2, 0.25) is 10.0 Å². The molecule has 1 aromatic carbocycles. The maximum absolute atomic E-state index is 12.1. The lowest BCUT2D eigenvalue weighted by Gasteiger charge is -2.05. The Kier molecular flexibility index (Phi) is 5.26. The maximum Gasteiger partial charge on any atom is 0.348 e. The number of hydrogen-bond acceptors (Lipinski definition) is 4. The lowest BCUT2D eigenvalue weighted by molar-refractivity contribution is 0.102. The fourth-order valence-electron chi connectivity index (χ4n) is 1.47. The number of benzene rings is 1. The van der Waals surface area contributed by atoms with Gasteiger partial charge >= 0.3 is 7.60 Å². The normalized spacial score (nSPS) is 11.5. The van der Waals surface area contributed by atoms with Gasteiger partial charge in [-0.2, -0.15) is 4.80 Å². The van der Waals surface area contributed by atoms with Gasteiger partial charge in [0.05, 0.1) is 10.7 Å². The molecule has 1 aromatic heterocycles. The van der Waals surface area contributed by atoms with Gasteiger partial charge < -0.3 is 15.1 Å². The first-order chi connectivity index (χ1) is 10.2. The lowest BCUT2D eigenvalue weighted by atomic mass is 10.3. The molecule has 0 fully saturated rings. The Morgan fingerprint density at radius 1 is 1.36 bits per heavy atom. The molecule has 1 heterocycles. The number of nitrogens with zero attached hydrogens (tertiary/aromatic N) is 3.